The molecule has 2 aromatic heterocycles. The number of aromatic nitrogens is 1. The minimum absolute atomic E-state index is 0.793. The van der Waals surface area contributed by atoms with Crippen LogP contribution in [-0.4, -0.2) is 4.98 Å². The van der Waals surface area contributed by atoms with Crippen molar-refractivity contribution < 1.29 is 4.42 Å². The number of anilines is 3. The Balaban J connectivity index is 1.14. The molecule has 9 rings (SSSR count). The van der Waals surface area contributed by atoms with E-state index >= 15 is 0 Å². The number of pyridine rings is 1. The molecule has 0 radical (unpaired) electrons. The second kappa shape index (κ2) is 10.8. The van der Waals surface area contributed by atoms with Crippen LogP contribution in [0.1, 0.15) is 0 Å². The molecule has 46 heavy (non-hydrogen) atoms. The third-order valence-corrected chi connectivity index (χ3v) is 8.90. The van der Waals surface area contributed by atoms with E-state index in [1.54, 1.807) is 0 Å². The Labute approximate surface area is 266 Å². The Morgan fingerprint density at radius 2 is 1.02 bits per heavy atom. The van der Waals surface area contributed by atoms with E-state index in [0.717, 1.165) is 39.1 Å². The van der Waals surface area contributed by atoms with Crippen LogP contribution >= 0.6 is 0 Å². The van der Waals surface area contributed by atoms with Crippen molar-refractivity contribution in [2.45, 2.75) is 0 Å². The summed E-state index contributed by atoms with van der Waals surface area (Å²) in [4.78, 5) is 6.93. The Bertz CT molecular complexity index is 2510. The fourth-order valence-corrected chi connectivity index (χ4v) is 6.60. The SMILES string of the molecule is c1ccc(-c2ccc(N(c3ccc(-c4ccc5c(ccc6ccccc65)c4)cc3)c3ccc4oc5cccnc5c4c3)cc2)cc1. The molecule has 0 saturated carbocycles. The van der Waals surface area contributed by atoms with Gasteiger partial charge in [0.05, 0.1) is 0 Å². The van der Waals surface area contributed by atoms with E-state index in [2.05, 4.69) is 149 Å². The molecule has 0 unspecified atom stereocenters. The highest BCUT2D eigenvalue weighted by molar-refractivity contribution is 6.08. The average Bonchev–Trinajstić information content (AvgIpc) is 3.50. The van der Waals surface area contributed by atoms with Crippen molar-refractivity contribution in [3.8, 4) is 22.3 Å². The normalized spacial score (nSPS) is 11.5. The van der Waals surface area contributed by atoms with Gasteiger partial charge >= 0.3 is 0 Å². The molecule has 7 aromatic carbocycles. The van der Waals surface area contributed by atoms with Crippen LogP contribution in [0.4, 0.5) is 17.1 Å². The standard InChI is InChI=1S/C43H28N2O/c1-2-7-29(8-3-1)30-14-19-35(20-15-30)45(37-23-25-41-40(28-37)43-42(46-41)11-6-26-44-43)36-21-16-31(17-22-36)33-18-24-39-34(27-33)13-12-32-9-4-5-10-38(32)39/h1-28H. The molecule has 0 aliphatic rings. The number of hydrogen-bond donors (Lipinski definition) is 0. The van der Waals surface area contributed by atoms with Crippen LogP contribution in [0.25, 0.3) is 65.9 Å². The quantitative estimate of drug-likeness (QED) is 0.187. The predicted molar refractivity (Wildman–Crippen MR) is 192 cm³/mol. The molecule has 0 aliphatic heterocycles. The van der Waals surface area contributed by atoms with E-state index in [1.807, 2.05) is 30.5 Å². The summed E-state index contributed by atoms with van der Waals surface area (Å²) in [6, 6.07) is 58.1. The average molecular weight is 589 g/mol. The third-order valence-electron chi connectivity index (χ3n) is 8.90. The predicted octanol–water partition coefficient (Wildman–Crippen LogP) is 12.1. The number of nitrogens with zero attached hydrogens (tertiary/aromatic N) is 2. The van der Waals surface area contributed by atoms with E-state index in [4.69, 9.17) is 4.42 Å². The summed E-state index contributed by atoms with van der Waals surface area (Å²) in [5.74, 6) is 0. The number of benzene rings is 7. The lowest BCUT2D eigenvalue weighted by molar-refractivity contribution is 0.668. The highest BCUT2D eigenvalue weighted by Crippen LogP contribution is 2.40. The monoisotopic (exact) mass is 588 g/mol. The molecule has 216 valence electrons. The molecular formula is C43H28N2O. The summed E-state index contributed by atoms with van der Waals surface area (Å²) in [6.45, 7) is 0. The number of furan rings is 1. The fraction of sp³-hybridized carbons (Fsp3) is 0. The Morgan fingerprint density at radius 1 is 0.391 bits per heavy atom. The molecular weight excluding hydrogens is 560 g/mol. The fourth-order valence-electron chi connectivity index (χ4n) is 6.60. The van der Waals surface area contributed by atoms with Crippen molar-refractivity contribution in [3.05, 3.63) is 170 Å². The van der Waals surface area contributed by atoms with Crippen LogP contribution in [0, 0.1) is 0 Å². The van der Waals surface area contributed by atoms with E-state index < -0.39 is 0 Å². The van der Waals surface area contributed by atoms with E-state index in [1.165, 1.54) is 43.8 Å². The Hall–Kier alpha value is -6.19. The molecule has 0 amide bonds. The number of rotatable bonds is 5. The van der Waals surface area contributed by atoms with Crippen molar-refractivity contribution in [2.24, 2.45) is 0 Å². The summed E-state index contributed by atoms with van der Waals surface area (Å²) in [5, 5.41) is 6.07. The first kappa shape index (κ1) is 26.2. The van der Waals surface area contributed by atoms with Gasteiger partial charge in [-0.05, 0) is 104 Å². The molecule has 3 nitrogen and oxygen atoms in total. The second-order valence-electron chi connectivity index (χ2n) is 11.7. The van der Waals surface area contributed by atoms with Gasteiger partial charge < -0.3 is 9.32 Å². The van der Waals surface area contributed by atoms with Crippen molar-refractivity contribution in [3.63, 3.8) is 0 Å². The zero-order valence-electron chi connectivity index (χ0n) is 25.0. The van der Waals surface area contributed by atoms with Gasteiger partial charge in [0.15, 0.2) is 5.58 Å². The van der Waals surface area contributed by atoms with Gasteiger partial charge in [-0.2, -0.15) is 0 Å². The van der Waals surface area contributed by atoms with Gasteiger partial charge in [-0.25, -0.2) is 0 Å². The largest absolute Gasteiger partial charge is 0.454 e. The van der Waals surface area contributed by atoms with Gasteiger partial charge in [-0.15, -0.1) is 0 Å². The maximum atomic E-state index is 6.10. The molecule has 9 aromatic rings. The smallest absolute Gasteiger partial charge is 0.153 e. The maximum absolute atomic E-state index is 6.10. The van der Waals surface area contributed by atoms with Gasteiger partial charge in [0, 0.05) is 28.6 Å². The molecule has 0 aliphatic carbocycles. The van der Waals surface area contributed by atoms with Crippen molar-refractivity contribution in [1.82, 2.24) is 4.98 Å². The highest BCUT2D eigenvalue weighted by atomic mass is 16.3. The maximum Gasteiger partial charge on any atom is 0.153 e. The summed E-state index contributed by atoms with van der Waals surface area (Å²) >= 11 is 0. The van der Waals surface area contributed by atoms with Gasteiger partial charge in [0.2, 0.25) is 0 Å². The minimum Gasteiger partial charge on any atom is -0.454 e. The summed E-state index contributed by atoms with van der Waals surface area (Å²) < 4.78 is 6.10. The number of fused-ring (bicyclic) bond motifs is 6. The zero-order chi connectivity index (χ0) is 30.5. The van der Waals surface area contributed by atoms with Crippen molar-refractivity contribution in [2.75, 3.05) is 4.90 Å². The molecule has 0 atom stereocenters. The first-order valence-corrected chi connectivity index (χ1v) is 15.5. The second-order valence-corrected chi connectivity index (χ2v) is 11.7. The van der Waals surface area contributed by atoms with Crippen LogP contribution in [0.15, 0.2) is 174 Å². The van der Waals surface area contributed by atoms with E-state index in [-0.39, 0.29) is 0 Å². The van der Waals surface area contributed by atoms with Gasteiger partial charge in [-0.3, -0.25) is 4.98 Å². The van der Waals surface area contributed by atoms with Crippen molar-refractivity contribution in [1.29, 1.82) is 0 Å². The minimum atomic E-state index is 0.793. The first-order chi connectivity index (χ1) is 22.8. The molecule has 0 saturated heterocycles. The first-order valence-electron chi connectivity index (χ1n) is 15.5. The third kappa shape index (κ3) is 4.49. The topological polar surface area (TPSA) is 29.3 Å². The lowest BCUT2D eigenvalue weighted by Crippen LogP contribution is -2.09. The number of hydrogen-bond acceptors (Lipinski definition) is 3. The Kier molecular flexibility index (Phi) is 6.14. The van der Waals surface area contributed by atoms with Crippen LogP contribution in [-0.2, 0) is 0 Å². The van der Waals surface area contributed by atoms with Crippen LogP contribution < -0.4 is 4.90 Å². The molecule has 3 heteroatoms. The lowest BCUT2D eigenvalue weighted by atomic mass is 9.97. The molecule has 0 fully saturated rings. The summed E-state index contributed by atoms with van der Waals surface area (Å²) in [6.07, 6.45) is 1.82. The van der Waals surface area contributed by atoms with Crippen LogP contribution in [0.3, 0.4) is 0 Å². The van der Waals surface area contributed by atoms with Crippen LogP contribution in [0.5, 0.6) is 0 Å². The van der Waals surface area contributed by atoms with E-state index in [0.29, 0.717) is 0 Å². The van der Waals surface area contributed by atoms with Crippen molar-refractivity contribution >= 4 is 60.7 Å². The molecule has 0 N–H and O–H groups in total. The van der Waals surface area contributed by atoms with Gasteiger partial charge in [-0.1, -0.05) is 103 Å². The van der Waals surface area contributed by atoms with Gasteiger partial charge in [0.1, 0.15) is 11.1 Å². The molecule has 0 spiro atoms. The highest BCUT2D eigenvalue weighted by Gasteiger charge is 2.16. The molecule has 0 bridgehead atoms. The lowest BCUT2D eigenvalue weighted by Gasteiger charge is -2.26. The van der Waals surface area contributed by atoms with Gasteiger partial charge in [0.25, 0.3) is 0 Å². The summed E-state index contributed by atoms with van der Waals surface area (Å²) in [7, 11) is 0. The summed E-state index contributed by atoms with van der Waals surface area (Å²) in [5.41, 5.74) is 10.4. The van der Waals surface area contributed by atoms with Crippen LogP contribution in [0.2, 0.25) is 0 Å². The Morgan fingerprint density at radius 3 is 1.83 bits per heavy atom. The van der Waals surface area contributed by atoms with E-state index in [9.17, 15) is 0 Å². The zero-order valence-corrected chi connectivity index (χ0v) is 25.0. The molecule has 2 heterocycles.